The van der Waals surface area contributed by atoms with Crippen LogP contribution in [0, 0.1) is 0 Å². The highest BCUT2D eigenvalue weighted by Crippen LogP contribution is 2.26. The lowest BCUT2D eigenvalue weighted by Crippen LogP contribution is -2.47. The van der Waals surface area contributed by atoms with Gasteiger partial charge in [-0.25, -0.2) is 4.98 Å². The number of nitrogens with two attached hydrogens (primary N) is 2. The summed E-state index contributed by atoms with van der Waals surface area (Å²) in [5.41, 5.74) is 13.9. The zero-order valence-electron chi connectivity index (χ0n) is 20.1. The van der Waals surface area contributed by atoms with Crippen molar-refractivity contribution in [2.24, 2.45) is 5.73 Å². The second-order valence-corrected chi connectivity index (χ2v) is 9.71. The normalized spacial score (nSPS) is 14.7. The zero-order valence-corrected chi connectivity index (χ0v) is 20.9. The maximum Gasteiger partial charge on any atom is 0.309 e. The average molecular weight is 522 g/mol. The van der Waals surface area contributed by atoms with E-state index in [-0.39, 0.29) is 10.8 Å². The van der Waals surface area contributed by atoms with Gasteiger partial charge < -0.3 is 25.5 Å². The van der Waals surface area contributed by atoms with Crippen molar-refractivity contribution in [1.29, 1.82) is 0 Å². The Morgan fingerprint density at radius 1 is 1.03 bits per heavy atom. The summed E-state index contributed by atoms with van der Waals surface area (Å²) < 4.78 is 14.8. The van der Waals surface area contributed by atoms with E-state index < -0.39 is 0 Å². The average Bonchev–Trinajstić information content (AvgIpc) is 3.66. The predicted molar refractivity (Wildman–Crippen MR) is 142 cm³/mol. The van der Waals surface area contributed by atoms with Crippen molar-refractivity contribution < 1.29 is 9.15 Å². The molecule has 1 aliphatic heterocycles. The number of hydrogen-bond acceptors (Lipinski definition) is 11. The molecule has 0 spiro atoms. The lowest BCUT2D eigenvalue weighted by molar-refractivity contribution is 0.248. The van der Waals surface area contributed by atoms with Crippen LogP contribution in [-0.2, 0) is 6.54 Å². The minimum absolute atomic E-state index is 0.0897. The van der Waals surface area contributed by atoms with Crippen LogP contribution in [0.1, 0.15) is 0 Å². The number of nitrogen functional groups attached to an aromatic ring is 1. The Morgan fingerprint density at radius 2 is 1.84 bits per heavy atom. The largest absolute Gasteiger partial charge is 0.492 e. The fourth-order valence-electron chi connectivity index (χ4n) is 4.54. The molecule has 0 radical (unpaired) electrons. The molecule has 1 saturated heterocycles. The van der Waals surface area contributed by atoms with Crippen LogP contribution in [0.3, 0.4) is 0 Å². The van der Waals surface area contributed by atoms with Gasteiger partial charge in [0.15, 0.2) is 17.1 Å². The van der Waals surface area contributed by atoms with Crippen molar-refractivity contribution in [1.82, 2.24) is 29.0 Å². The molecular formula is C24H27N9O3S. The quantitative estimate of drug-likeness (QED) is 0.308. The second kappa shape index (κ2) is 9.84. The molecule has 0 saturated carbocycles. The summed E-state index contributed by atoms with van der Waals surface area (Å²) in [7, 11) is 0. The number of aromatic nitrogens is 5. The Balaban J connectivity index is 1.14. The van der Waals surface area contributed by atoms with Gasteiger partial charge in [-0.1, -0.05) is 11.3 Å². The van der Waals surface area contributed by atoms with E-state index in [4.69, 9.17) is 20.6 Å². The van der Waals surface area contributed by atoms with Gasteiger partial charge in [0.1, 0.15) is 17.1 Å². The molecule has 5 heterocycles. The molecular weight excluding hydrogens is 494 g/mol. The van der Waals surface area contributed by atoms with Crippen LogP contribution in [0.2, 0.25) is 0 Å². The van der Waals surface area contributed by atoms with Crippen molar-refractivity contribution in [3.8, 4) is 17.3 Å². The van der Waals surface area contributed by atoms with Crippen LogP contribution >= 0.6 is 11.3 Å². The molecule has 4 N–H and O–H groups in total. The fraction of sp³-hybridized carbons (Fsp3) is 0.333. The summed E-state index contributed by atoms with van der Waals surface area (Å²) in [5.74, 6) is 1.93. The van der Waals surface area contributed by atoms with E-state index in [9.17, 15) is 4.79 Å². The number of anilines is 2. The highest BCUT2D eigenvalue weighted by molar-refractivity contribution is 7.17. The molecule has 5 aromatic rings. The summed E-state index contributed by atoms with van der Waals surface area (Å²) in [6, 6.07) is 11.7. The molecule has 1 aromatic carbocycles. The van der Waals surface area contributed by atoms with Gasteiger partial charge >= 0.3 is 4.87 Å². The molecule has 4 aromatic heterocycles. The van der Waals surface area contributed by atoms with Gasteiger partial charge in [0.05, 0.1) is 6.26 Å². The fourth-order valence-corrected chi connectivity index (χ4v) is 5.47. The first-order valence-corrected chi connectivity index (χ1v) is 12.9. The van der Waals surface area contributed by atoms with E-state index in [2.05, 4.69) is 37.0 Å². The van der Waals surface area contributed by atoms with Gasteiger partial charge in [0, 0.05) is 51.5 Å². The van der Waals surface area contributed by atoms with E-state index in [1.165, 1.54) is 10.2 Å². The Hall–Kier alpha value is -3.94. The highest BCUT2D eigenvalue weighted by atomic mass is 32.1. The summed E-state index contributed by atoms with van der Waals surface area (Å²) in [6.45, 7) is 5.89. The monoisotopic (exact) mass is 521 g/mol. The van der Waals surface area contributed by atoms with E-state index in [1.54, 1.807) is 23.0 Å². The van der Waals surface area contributed by atoms with Crippen LogP contribution in [0.4, 0.5) is 11.6 Å². The molecule has 6 rings (SSSR count). The minimum Gasteiger partial charge on any atom is -0.492 e. The zero-order chi connectivity index (χ0) is 25.4. The Kier molecular flexibility index (Phi) is 6.24. The highest BCUT2D eigenvalue weighted by Gasteiger charge is 2.21. The second-order valence-electron chi connectivity index (χ2n) is 8.75. The number of furan rings is 1. The molecule has 0 atom stereocenters. The molecule has 1 aliphatic rings. The smallest absolute Gasteiger partial charge is 0.309 e. The summed E-state index contributed by atoms with van der Waals surface area (Å²) in [4.78, 5) is 26.6. The van der Waals surface area contributed by atoms with Crippen LogP contribution < -0.4 is 26.0 Å². The van der Waals surface area contributed by atoms with E-state index in [0.29, 0.717) is 47.3 Å². The predicted octanol–water partition coefficient (Wildman–Crippen LogP) is 1.50. The third-order valence-corrected chi connectivity index (χ3v) is 7.42. The number of ether oxygens (including phenoxy) is 1. The van der Waals surface area contributed by atoms with E-state index in [1.807, 2.05) is 12.1 Å². The summed E-state index contributed by atoms with van der Waals surface area (Å²) in [5, 5.41) is 4.41. The van der Waals surface area contributed by atoms with Crippen LogP contribution in [0.15, 0.2) is 51.9 Å². The minimum atomic E-state index is -0.0897. The van der Waals surface area contributed by atoms with Gasteiger partial charge in [0.25, 0.3) is 0 Å². The van der Waals surface area contributed by atoms with Crippen LogP contribution in [0.5, 0.6) is 5.75 Å². The third-order valence-electron chi connectivity index (χ3n) is 6.46. The van der Waals surface area contributed by atoms with Crippen LogP contribution in [0.25, 0.3) is 27.6 Å². The lowest BCUT2D eigenvalue weighted by Gasteiger charge is -2.36. The molecule has 0 aliphatic carbocycles. The van der Waals surface area contributed by atoms with Crippen molar-refractivity contribution in [3.63, 3.8) is 0 Å². The molecule has 0 unspecified atom stereocenters. The summed E-state index contributed by atoms with van der Waals surface area (Å²) in [6.07, 6.45) is 1.56. The Labute approximate surface area is 215 Å². The third kappa shape index (κ3) is 4.52. The van der Waals surface area contributed by atoms with Crippen molar-refractivity contribution in [3.05, 3.63) is 52.3 Å². The van der Waals surface area contributed by atoms with Crippen molar-refractivity contribution in [2.45, 2.75) is 6.54 Å². The molecule has 0 bridgehead atoms. The van der Waals surface area contributed by atoms with Gasteiger partial charge in [-0.2, -0.15) is 9.50 Å². The molecule has 1 fully saturated rings. The van der Waals surface area contributed by atoms with Gasteiger partial charge in [-0.3, -0.25) is 14.3 Å². The van der Waals surface area contributed by atoms with Crippen molar-refractivity contribution in [2.75, 3.05) is 56.5 Å². The topological polar surface area (TPSA) is 146 Å². The molecule has 37 heavy (non-hydrogen) atoms. The Bertz CT molecular complexity index is 1570. The van der Waals surface area contributed by atoms with Gasteiger partial charge in [-0.15, -0.1) is 5.10 Å². The number of rotatable bonds is 8. The van der Waals surface area contributed by atoms with E-state index in [0.717, 1.165) is 49.8 Å². The maximum atomic E-state index is 12.9. The first kappa shape index (κ1) is 23.5. The van der Waals surface area contributed by atoms with Crippen LogP contribution in [-0.4, -0.2) is 74.9 Å². The first-order valence-electron chi connectivity index (χ1n) is 12.1. The number of fused-ring (bicyclic) bond motifs is 3. The number of piperazine rings is 1. The lowest BCUT2D eigenvalue weighted by atomic mass is 10.2. The van der Waals surface area contributed by atoms with E-state index >= 15 is 0 Å². The van der Waals surface area contributed by atoms with Gasteiger partial charge in [0.2, 0.25) is 11.8 Å². The van der Waals surface area contributed by atoms with Crippen molar-refractivity contribution >= 4 is 39.0 Å². The molecule has 192 valence electrons. The number of hydrogen-bond donors (Lipinski definition) is 2. The number of benzene rings is 1. The van der Waals surface area contributed by atoms with Gasteiger partial charge in [-0.05, 0) is 36.4 Å². The molecule has 13 heteroatoms. The SMILES string of the molecule is NCCOc1ccc(N2CCN(CCn3c(=O)sc4c3nc(N)n3nc(-c5ccco5)nc43)CC2)cc1. The number of thiazole rings is 1. The summed E-state index contributed by atoms with van der Waals surface area (Å²) >= 11 is 1.11. The Morgan fingerprint density at radius 3 is 2.57 bits per heavy atom. The first-order chi connectivity index (χ1) is 18.1. The number of nitrogens with zero attached hydrogens (tertiary/aromatic N) is 7. The molecule has 12 nitrogen and oxygen atoms in total. The maximum absolute atomic E-state index is 12.9. The standard InChI is InChI=1S/C24H27N9O3S/c25-7-15-35-17-5-3-16(4-6-17)31-11-8-30(9-12-31)10-13-32-21-19(37-24(32)34)22-27-20(18-2-1-14-36-18)29-33(22)23(26)28-21/h1-6,14H,7-13,15,25H2,(H2,26,28). The molecule has 0 amide bonds.